The average Bonchev–Trinajstić information content (AvgIpc) is 2.37. The molecule has 0 saturated heterocycles. The van der Waals surface area contributed by atoms with Crippen molar-refractivity contribution in [3.05, 3.63) is 0 Å². The van der Waals surface area contributed by atoms with Gasteiger partial charge in [-0.1, -0.05) is 33.1 Å². The molecule has 0 unspecified atom stereocenters. The Bertz CT molecular complexity index is 312. The van der Waals surface area contributed by atoms with Crippen LogP contribution in [-0.4, -0.2) is 24.2 Å². The van der Waals surface area contributed by atoms with Gasteiger partial charge in [0.2, 0.25) is 5.91 Å². The molecule has 17 heavy (non-hydrogen) atoms. The first-order valence-electron chi connectivity index (χ1n) is 6.26. The minimum Gasteiger partial charge on any atom is -0.396 e. The van der Waals surface area contributed by atoms with Gasteiger partial charge in [0.15, 0.2) is 0 Å². The fourth-order valence-corrected chi connectivity index (χ4v) is 2.09. The molecule has 1 saturated carbocycles. The van der Waals surface area contributed by atoms with Crippen LogP contribution in [0.25, 0.3) is 0 Å². The van der Waals surface area contributed by atoms with E-state index in [1.54, 1.807) is 0 Å². The molecule has 96 valence electrons. The normalized spacial score (nSPS) is 19.4. The molecule has 0 heterocycles. The standard InChI is InChI=1S/C13H22N2O2/c1-12(2,10-16)9-15-11(17)13(8-14)6-4-3-5-7-13/h16H,3-7,9-10H2,1-2H3,(H,15,17). The van der Waals surface area contributed by atoms with Crippen LogP contribution in [0, 0.1) is 22.2 Å². The predicted molar refractivity (Wildman–Crippen MR) is 65.0 cm³/mol. The summed E-state index contributed by atoms with van der Waals surface area (Å²) in [6.07, 6.45) is 4.33. The second kappa shape index (κ2) is 5.50. The summed E-state index contributed by atoms with van der Waals surface area (Å²) in [5.41, 5.74) is -1.16. The van der Waals surface area contributed by atoms with Gasteiger partial charge in [-0.25, -0.2) is 0 Å². The number of carbonyl (C=O) groups excluding carboxylic acids is 1. The molecule has 1 amide bonds. The molecule has 0 aliphatic heterocycles. The summed E-state index contributed by atoms with van der Waals surface area (Å²) in [4.78, 5) is 12.1. The van der Waals surface area contributed by atoms with Gasteiger partial charge in [0, 0.05) is 18.6 Å². The Balaban J connectivity index is 2.59. The van der Waals surface area contributed by atoms with Gasteiger partial charge in [0.05, 0.1) is 6.07 Å². The van der Waals surface area contributed by atoms with Crippen LogP contribution >= 0.6 is 0 Å². The Morgan fingerprint density at radius 1 is 1.41 bits per heavy atom. The molecule has 1 rings (SSSR count). The quantitative estimate of drug-likeness (QED) is 0.781. The zero-order valence-electron chi connectivity index (χ0n) is 10.8. The van der Waals surface area contributed by atoms with Crippen LogP contribution in [0.15, 0.2) is 0 Å². The van der Waals surface area contributed by atoms with E-state index in [0.717, 1.165) is 19.3 Å². The third-order valence-electron chi connectivity index (χ3n) is 3.51. The molecular formula is C13H22N2O2. The summed E-state index contributed by atoms with van der Waals surface area (Å²) in [5, 5.41) is 21.2. The molecule has 0 radical (unpaired) electrons. The Hall–Kier alpha value is -1.08. The summed E-state index contributed by atoms with van der Waals surface area (Å²) >= 11 is 0. The maximum atomic E-state index is 12.1. The molecule has 4 nitrogen and oxygen atoms in total. The molecule has 0 aromatic carbocycles. The topological polar surface area (TPSA) is 73.1 Å². The van der Waals surface area contributed by atoms with Gasteiger partial charge in [0.1, 0.15) is 5.41 Å². The SMILES string of the molecule is CC(C)(CO)CNC(=O)C1(C#N)CCCCC1. The van der Waals surface area contributed by atoms with E-state index in [9.17, 15) is 10.1 Å². The average molecular weight is 238 g/mol. The zero-order valence-corrected chi connectivity index (χ0v) is 10.8. The number of hydrogen-bond acceptors (Lipinski definition) is 3. The second-order valence-corrected chi connectivity index (χ2v) is 5.76. The summed E-state index contributed by atoms with van der Waals surface area (Å²) in [7, 11) is 0. The fraction of sp³-hybridized carbons (Fsp3) is 0.846. The molecule has 0 spiro atoms. The van der Waals surface area contributed by atoms with Crippen molar-refractivity contribution in [1.29, 1.82) is 5.26 Å². The summed E-state index contributed by atoms with van der Waals surface area (Å²) < 4.78 is 0. The smallest absolute Gasteiger partial charge is 0.240 e. The van der Waals surface area contributed by atoms with Gasteiger partial charge < -0.3 is 10.4 Å². The van der Waals surface area contributed by atoms with Gasteiger partial charge in [0.25, 0.3) is 0 Å². The van der Waals surface area contributed by atoms with Crippen LogP contribution < -0.4 is 5.32 Å². The van der Waals surface area contributed by atoms with Crippen LogP contribution in [0.3, 0.4) is 0 Å². The van der Waals surface area contributed by atoms with E-state index in [-0.39, 0.29) is 17.9 Å². The van der Waals surface area contributed by atoms with Crippen LogP contribution in [0.5, 0.6) is 0 Å². The molecule has 1 aliphatic rings. The highest BCUT2D eigenvalue weighted by Crippen LogP contribution is 2.35. The van der Waals surface area contributed by atoms with Gasteiger partial charge in [-0.05, 0) is 12.8 Å². The van der Waals surface area contributed by atoms with Crippen molar-refractivity contribution < 1.29 is 9.90 Å². The molecule has 1 fully saturated rings. The van der Waals surface area contributed by atoms with Crippen molar-refractivity contribution >= 4 is 5.91 Å². The first-order valence-corrected chi connectivity index (χ1v) is 6.26. The van der Waals surface area contributed by atoms with Crippen LogP contribution in [-0.2, 0) is 4.79 Å². The van der Waals surface area contributed by atoms with Crippen molar-refractivity contribution in [1.82, 2.24) is 5.32 Å². The van der Waals surface area contributed by atoms with Crippen LogP contribution in [0.4, 0.5) is 0 Å². The third-order valence-corrected chi connectivity index (χ3v) is 3.51. The van der Waals surface area contributed by atoms with Gasteiger partial charge in [-0.2, -0.15) is 5.26 Å². The Labute approximate surface area is 103 Å². The first-order chi connectivity index (χ1) is 7.96. The number of amides is 1. The number of nitrogens with zero attached hydrogens (tertiary/aromatic N) is 1. The fourth-order valence-electron chi connectivity index (χ4n) is 2.09. The van der Waals surface area contributed by atoms with Crippen LogP contribution in [0.1, 0.15) is 46.0 Å². The van der Waals surface area contributed by atoms with E-state index in [1.807, 2.05) is 13.8 Å². The van der Waals surface area contributed by atoms with E-state index in [0.29, 0.717) is 19.4 Å². The lowest BCUT2D eigenvalue weighted by Crippen LogP contribution is -2.45. The number of nitriles is 1. The largest absolute Gasteiger partial charge is 0.396 e. The highest BCUT2D eigenvalue weighted by atomic mass is 16.3. The highest BCUT2D eigenvalue weighted by Gasteiger charge is 2.40. The highest BCUT2D eigenvalue weighted by molar-refractivity contribution is 5.85. The molecule has 0 atom stereocenters. The van der Waals surface area contributed by atoms with E-state index in [2.05, 4.69) is 11.4 Å². The predicted octanol–water partition coefficient (Wildman–Crippen LogP) is 1.60. The maximum absolute atomic E-state index is 12.1. The molecule has 2 N–H and O–H groups in total. The molecule has 1 aliphatic carbocycles. The monoisotopic (exact) mass is 238 g/mol. The molecule has 0 aromatic rings. The van der Waals surface area contributed by atoms with Gasteiger partial charge >= 0.3 is 0 Å². The second-order valence-electron chi connectivity index (χ2n) is 5.76. The van der Waals surface area contributed by atoms with E-state index in [4.69, 9.17) is 5.11 Å². The summed E-state index contributed by atoms with van der Waals surface area (Å²) in [6.45, 7) is 4.19. The Morgan fingerprint density at radius 2 is 2.00 bits per heavy atom. The molecular weight excluding hydrogens is 216 g/mol. The van der Waals surface area contributed by atoms with Crippen molar-refractivity contribution in [2.24, 2.45) is 10.8 Å². The lowest BCUT2D eigenvalue weighted by Gasteiger charge is -2.31. The molecule has 0 aromatic heterocycles. The third kappa shape index (κ3) is 3.44. The summed E-state index contributed by atoms with van der Waals surface area (Å²) in [6, 6.07) is 2.20. The van der Waals surface area contributed by atoms with Crippen molar-refractivity contribution in [2.45, 2.75) is 46.0 Å². The number of rotatable bonds is 4. The van der Waals surface area contributed by atoms with E-state index >= 15 is 0 Å². The number of nitrogens with one attached hydrogen (secondary N) is 1. The van der Waals surface area contributed by atoms with Crippen molar-refractivity contribution in [3.63, 3.8) is 0 Å². The number of aliphatic hydroxyl groups excluding tert-OH is 1. The van der Waals surface area contributed by atoms with Crippen molar-refractivity contribution in [2.75, 3.05) is 13.2 Å². The Morgan fingerprint density at radius 3 is 2.47 bits per heavy atom. The number of hydrogen-bond donors (Lipinski definition) is 2. The first kappa shape index (κ1) is 14.0. The maximum Gasteiger partial charge on any atom is 0.240 e. The minimum atomic E-state index is -0.830. The van der Waals surface area contributed by atoms with Gasteiger partial charge in [-0.3, -0.25) is 4.79 Å². The summed E-state index contributed by atoms with van der Waals surface area (Å²) in [5.74, 6) is -0.166. The number of carbonyl (C=O) groups is 1. The molecule has 0 bridgehead atoms. The minimum absolute atomic E-state index is 0.0207. The molecule has 4 heteroatoms. The van der Waals surface area contributed by atoms with E-state index in [1.165, 1.54) is 0 Å². The van der Waals surface area contributed by atoms with Crippen molar-refractivity contribution in [3.8, 4) is 6.07 Å². The Kier molecular flexibility index (Phi) is 4.53. The number of aliphatic hydroxyl groups is 1. The van der Waals surface area contributed by atoms with Gasteiger partial charge in [-0.15, -0.1) is 0 Å². The van der Waals surface area contributed by atoms with Crippen LogP contribution in [0.2, 0.25) is 0 Å². The lowest BCUT2D eigenvalue weighted by molar-refractivity contribution is -0.130. The zero-order chi connectivity index (χ0) is 12.9. The lowest BCUT2D eigenvalue weighted by atomic mass is 9.74. The van der Waals surface area contributed by atoms with E-state index < -0.39 is 5.41 Å².